The second kappa shape index (κ2) is 6.36. The van der Waals surface area contributed by atoms with Crippen molar-refractivity contribution in [3.63, 3.8) is 0 Å². The first-order chi connectivity index (χ1) is 11.7. The Labute approximate surface area is 150 Å². The van der Waals surface area contributed by atoms with Crippen LogP contribution in [0.25, 0.3) is 10.9 Å². The largest absolute Gasteiger partial charge is 0.358 e. The molecule has 0 bridgehead atoms. The van der Waals surface area contributed by atoms with Gasteiger partial charge in [-0.25, -0.2) is 16.8 Å². The average molecular weight is 399 g/mol. The van der Waals surface area contributed by atoms with Gasteiger partial charge in [-0.2, -0.15) is 0 Å². The van der Waals surface area contributed by atoms with Gasteiger partial charge in [-0.15, -0.1) is 0 Å². The highest BCUT2D eigenvalue weighted by Gasteiger charge is 2.17. The van der Waals surface area contributed by atoms with Crippen molar-refractivity contribution in [1.82, 2.24) is 4.98 Å². The Morgan fingerprint density at radius 2 is 1.72 bits per heavy atom. The Hall–Kier alpha value is -2.03. The van der Waals surface area contributed by atoms with Crippen LogP contribution in [-0.4, -0.2) is 28.1 Å². The van der Waals surface area contributed by atoms with Crippen molar-refractivity contribution >= 4 is 48.1 Å². The number of sulfonamides is 1. The normalized spacial score (nSPS) is 12.4. The molecule has 0 aliphatic rings. The molecule has 3 aromatic rings. The number of halogens is 1. The highest BCUT2D eigenvalue weighted by Crippen LogP contribution is 2.29. The maximum atomic E-state index is 12.6. The predicted molar refractivity (Wildman–Crippen MR) is 99.1 cm³/mol. The van der Waals surface area contributed by atoms with Gasteiger partial charge < -0.3 is 4.98 Å². The van der Waals surface area contributed by atoms with E-state index in [1.165, 1.54) is 24.3 Å². The van der Waals surface area contributed by atoms with Crippen molar-refractivity contribution in [2.45, 2.75) is 10.6 Å². The van der Waals surface area contributed by atoms with Gasteiger partial charge >= 0.3 is 0 Å². The predicted octanol–water partition coefficient (Wildman–Crippen LogP) is 3.17. The molecule has 1 heterocycles. The molecule has 2 aromatic carbocycles. The Morgan fingerprint density at radius 1 is 1.04 bits per heavy atom. The minimum atomic E-state index is -3.82. The number of rotatable bonds is 5. The highest BCUT2D eigenvalue weighted by molar-refractivity contribution is 7.92. The fourth-order valence-corrected chi connectivity index (χ4v) is 4.56. The van der Waals surface area contributed by atoms with Crippen LogP contribution in [-0.2, 0) is 25.6 Å². The first kappa shape index (κ1) is 17.8. The summed E-state index contributed by atoms with van der Waals surface area (Å²) in [4.78, 5) is 2.98. The lowest BCUT2D eigenvalue weighted by Crippen LogP contribution is -2.13. The summed E-state index contributed by atoms with van der Waals surface area (Å²) in [5, 5.41) is 1.21. The molecule has 0 atom stereocenters. The van der Waals surface area contributed by atoms with E-state index in [-0.39, 0.29) is 10.6 Å². The Kier molecular flexibility index (Phi) is 4.52. The van der Waals surface area contributed by atoms with Crippen LogP contribution >= 0.6 is 11.6 Å². The number of para-hydroxylation sites is 1. The third kappa shape index (κ3) is 3.97. The lowest BCUT2D eigenvalue weighted by atomic mass is 10.2. The third-order valence-electron chi connectivity index (χ3n) is 3.57. The zero-order valence-corrected chi connectivity index (χ0v) is 15.5. The van der Waals surface area contributed by atoms with Gasteiger partial charge in [0.1, 0.15) is 0 Å². The summed E-state index contributed by atoms with van der Waals surface area (Å²) in [6.45, 7) is 0. The molecule has 0 fully saturated rings. The molecule has 1 aromatic heterocycles. The van der Waals surface area contributed by atoms with Crippen LogP contribution in [0.4, 0.5) is 5.69 Å². The van der Waals surface area contributed by atoms with E-state index >= 15 is 0 Å². The molecule has 0 radical (unpaired) electrons. The molecule has 0 spiro atoms. The van der Waals surface area contributed by atoms with Gasteiger partial charge in [0.15, 0.2) is 9.84 Å². The van der Waals surface area contributed by atoms with Crippen molar-refractivity contribution in [3.05, 3.63) is 59.2 Å². The van der Waals surface area contributed by atoms with E-state index in [4.69, 9.17) is 11.6 Å². The Morgan fingerprint density at radius 3 is 2.36 bits per heavy atom. The SMILES string of the molecule is CS(=O)(=O)Cc1ccc(S(=O)(=O)Nc2cccc3c(Cl)c[nH]c23)cc1. The molecular weight excluding hydrogens is 384 g/mol. The van der Waals surface area contributed by atoms with E-state index in [0.29, 0.717) is 27.2 Å². The second-order valence-electron chi connectivity index (χ2n) is 5.68. The maximum absolute atomic E-state index is 12.6. The molecule has 9 heteroatoms. The van der Waals surface area contributed by atoms with Crippen LogP contribution in [0.3, 0.4) is 0 Å². The highest BCUT2D eigenvalue weighted by atomic mass is 35.5. The van der Waals surface area contributed by atoms with Crippen molar-refractivity contribution in [1.29, 1.82) is 0 Å². The smallest absolute Gasteiger partial charge is 0.261 e. The minimum Gasteiger partial charge on any atom is -0.358 e. The first-order valence-electron chi connectivity index (χ1n) is 7.21. The number of anilines is 1. The number of nitrogens with one attached hydrogen (secondary N) is 2. The average Bonchev–Trinajstić information content (AvgIpc) is 2.89. The quantitative estimate of drug-likeness (QED) is 0.689. The molecular formula is C16H15ClN2O4S2. The van der Waals surface area contributed by atoms with Crippen LogP contribution in [0.1, 0.15) is 5.56 Å². The van der Waals surface area contributed by atoms with E-state index in [2.05, 4.69) is 9.71 Å². The lowest BCUT2D eigenvalue weighted by molar-refractivity contribution is 0.600. The number of hydrogen-bond donors (Lipinski definition) is 2. The molecule has 0 unspecified atom stereocenters. The number of sulfone groups is 1. The molecule has 0 aliphatic carbocycles. The van der Waals surface area contributed by atoms with Crippen LogP contribution in [0.5, 0.6) is 0 Å². The molecule has 6 nitrogen and oxygen atoms in total. The van der Waals surface area contributed by atoms with E-state index in [9.17, 15) is 16.8 Å². The summed E-state index contributed by atoms with van der Waals surface area (Å²) in [6, 6.07) is 10.9. The fraction of sp³-hybridized carbons (Fsp3) is 0.125. The second-order valence-corrected chi connectivity index (χ2v) is 9.91. The van der Waals surface area contributed by atoms with Crippen LogP contribution in [0, 0.1) is 0 Å². The summed E-state index contributed by atoms with van der Waals surface area (Å²) in [7, 11) is -7.00. The zero-order valence-electron chi connectivity index (χ0n) is 13.2. The van der Waals surface area contributed by atoms with E-state index in [0.717, 1.165) is 6.26 Å². The number of hydrogen-bond acceptors (Lipinski definition) is 4. The molecule has 0 saturated heterocycles. The number of benzene rings is 2. The van der Waals surface area contributed by atoms with Crippen molar-refractivity contribution < 1.29 is 16.8 Å². The minimum absolute atomic E-state index is 0.0411. The van der Waals surface area contributed by atoms with Crippen molar-refractivity contribution in [2.24, 2.45) is 0 Å². The lowest BCUT2D eigenvalue weighted by Gasteiger charge is -2.10. The third-order valence-corrected chi connectivity index (χ3v) is 6.12. The zero-order chi connectivity index (χ0) is 18.2. The van der Waals surface area contributed by atoms with Crippen molar-refractivity contribution in [3.8, 4) is 0 Å². The van der Waals surface area contributed by atoms with E-state index < -0.39 is 19.9 Å². The number of H-pyrrole nitrogens is 1. The number of aromatic amines is 1. The molecule has 132 valence electrons. The Bertz CT molecular complexity index is 1130. The summed E-state index contributed by atoms with van der Waals surface area (Å²) in [5.74, 6) is -0.138. The first-order valence-corrected chi connectivity index (χ1v) is 11.1. The summed E-state index contributed by atoms with van der Waals surface area (Å²) in [5.41, 5.74) is 1.49. The van der Waals surface area contributed by atoms with Crippen LogP contribution in [0.15, 0.2) is 53.6 Å². The van der Waals surface area contributed by atoms with Gasteiger partial charge in [-0.1, -0.05) is 35.9 Å². The van der Waals surface area contributed by atoms with Crippen LogP contribution < -0.4 is 4.72 Å². The molecule has 0 saturated carbocycles. The summed E-state index contributed by atoms with van der Waals surface area (Å²) in [6.07, 6.45) is 2.71. The van der Waals surface area contributed by atoms with Gasteiger partial charge in [-0.3, -0.25) is 4.72 Å². The topological polar surface area (TPSA) is 96.1 Å². The molecule has 25 heavy (non-hydrogen) atoms. The van der Waals surface area contributed by atoms with Gasteiger partial charge in [0, 0.05) is 17.8 Å². The number of aromatic nitrogens is 1. The maximum Gasteiger partial charge on any atom is 0.261 e. The van der Waals surface area contributed by atoms with Gasteiger partial charge in [0.2, 0.25) is 0 Å². The Balaban J connectivity index is 1.91. The summed E-state index contributed by atoms with van der Waals surface area (Å²) >= 11 is 6.05. The molecule has 3 rings (SSSR count). The monoisotopic (exact) mass is 398 g/mol. The van der Waals surface area contributed by atoms with Gasteiger partial charge in [0.05, 0.1) is 26.9 Å². The van der Waals surface area contributed by atoms with E-state index in [1.807, 2.05) is 0 Å². The standard InChI is InChI=1S/C16H15ClN2O4S2/c1-24(20,21)10-11-5-7-12(8-6-11)25(22,23)19-15-4-2-3-13-14(17)9-18-16(13)15/h2-9,18-19H,10H2,1H3. The van der Waals surface area contributed by atoms with Gasteiger partial charge in [-0.05, 0) is 23.8 Å². The fourth-order valence-electron chi connectivity index (χ4n) is 2.48. The van der Waals surface area contributed by atoms with Crippen LogP contribution in [0.2, 0.25) is 5.02 Å². The summed E-state index contributed by atoms with van der Waals surface area (Å²) < 4.78 is 50.3. The van der Waals surface area contributed by atoms with Crippen molar-refractivity contribution in [2.75, 3.05) is 11.0 Å². The van der Waals surface area contributed by atoms with E-state index in [1.54, 1.807) is 24.4 Å². The molecule has 2 N–H and O–H groups in total. The number of fused-ring (bicyclic) bond motifs is 1. The van der Waals surface area contributed by atoms with Gasteiger partial charge in [0.25, 0.3) is 10.0 Å². The molecule has 0 aliphatic heterocycles. The molecule has 0 amide bonds.